The maximum atomic E-state index is 12.3. The first-order valence-corrected chi connectivity index (χ1v) is 9.51. The molecule has 2 atom stereocenters. The third-order valence-corrected chi connectivity index (χ3v) is 5.43. The van der Waals surface area contributed by atoms with Crippen molar-refractivity contribution in [3.05, 3.63) is 30.0 Å². The van der Waals surface area contributed by atoms with Crippen molar-refractivity contribution in [1.29, 1.82) is 0 Å². The molecule has 2 aromatic rings. The summed E-state index contributed by atoms with van der Waals surface area (Å²) in [5.74, 6) is 0.0352. The number of aromatic nitrogens is 2. The van der Waals surface area contributed by atoms with Crippen molar-refractivity contribution >= 4 is 16.8 Å². The van der Waals surface area contributed by atoms with E-state index in [2.05, 4.69) is 29.2 Å². The molecule has 5 nitrogen and oxygen atoms in total. The van der Waals surface area contributed by atoms with Crippen molar-refractivity contribution in [2.75, 3.05) is 13.1 Å². The number of piperidine rings is 1. The second kappa shape index (κ2) is 8.00. The molecule has 0 bridgehead atoms. The highest BCUT2D eigenvalue weighted by Crippen LogP contribution is 2.22. The van der Waals surface area contributed by atoms with E-state index in [9.17, 15) is 4.79 Å². The smallest absolute Gasteiger partial charge is 0.241 e. The molecule has 1 aromatic heterocycles. The van der Waals surface area contributed by atoms with Crippen LogP contribution < -0.4 is 5.32 Å². The van der Waals surface area contributed by atoms with Crippen LogP contribution in [0.25, 0.3) is 10.9 Å². The summed E-state index contributed by atoms with van der Waals surface area (Å²) in [6.07, 6.45) is 4.93. The topological polar surface area (TPSA) is 50.2 Å². The number of hydrogen-bond donors (Lipinski definition) is 1. The molecule has 136 valence electrons. The quantitative estimate of drug-likeness (QED) is 0.821. The molecule has 5 heteroatoms. The van der Waals surface area contributed by atoms with Gasteiger partial charge in [0.25, 0.3) is 0 Å². The lowest BCUT2D eigenvalue weighted by atomic mass is 9.97. The molecule has 0 spiro atoms. The van der Waals surface area contributed by atoms with Crippen LogP contribution >= 0.6 is 0 Å². The van der Waals surface area contributed by atoms with Gasteiger partial charge in [0.15, 0.2) is 0 Å². The van der Waals surface area contributed by atoms with Gasteiger partial charge in [-0.05, 0) is 46.1 Å². The number of nitrogens with one attached hydrogen (secondary N) is 1. The fourth-order valence-electron chi connectivity index (χ4n) is 4.01. The predicted octanol–water partition coefficient (Wildman–Crippen LogP) is 3.11. The van der Waals surface area contributed by atoms with E-state index >= 15 is 0 Å². The standard InChI is InChI=1S/C20H30N4O/c1-15-8-6-9-16(2)23(15)13-7-12-21-20(25)14-24-19-11-5-4-10-18(19)17(3)22-24/h4-5,10-11,15-16H,6-9,12-14H2,1-3H3,(H,21,25)/t15-,16-/m0/s1. The lowest BCUT2D eigenvalue weighted by Crippen LogP contribution is -2.44. The number of para-hydroxylation sites is 1. The van der Waals surface area contributed by atoms with Gasteiger partial charge in [0.1, 0.15) is 6.54 Å². The Kier molecular flexibility index (Phi) is 5.74. The third-order valence-electron chi connectivity index (χ3n) is 5.43. The number of likely N-dealkylation sites (tertiary alicyclic amines) is 1. The number of benzene rings is 1. The molecule has 25 heavy (non-hydrogen) atoms. The minimum absolute atomic E-state index is 0.0352. The van der Waals surface area contributed by atoms with E-state index in [0.717, 1.165) is 36.1 Å². The number of carbonyl (C=O) groups excluding carboxylic acids is 1. The zero-order valence-corrected chi connectivity index (χ0v) is 15.7. The van der Waals surface area contributed by atoms with Crippen molar-refractivity contribution < 1.29 is 4.79 Å². The Hall–Kier alpha value is -1.88. The van der Waals surface area contributed by atoms with Crippen LogP contribution in [0.4, 0.5) is 0 Å². The third kappa shape index (κ3) is 4.21. The van der Waals surface area contributed by atoms with E-state index in [1.165, 1.54) is 19.3 Å². The maximum absolute atomic E-state index is 12.3. The normalized spacial score (nSPS) is 21.6. The van der Waals surface area contributed by atoms with Crippen molar-refractivity contribution in [2.24, 2.45) is 0 Å². The first kappa shape index (κ1) is 17.9. The van der Waals surface area contributed by atoms with Gasteiger partial charge in [0, 0.05) is 30.6 Å². The summed E-state index contributed by atoms with van der Waals surface area (Å²) in [4.78, 5) is 14.8. The maximum Gasteiger partial charge on any atom is 0.241 e. The number of nitrogens with zero attached hydrogens (tertiary/aromatic N) is 3. The second-order valence-electron chi connectivity index (χ2n) is 7.33. The SMILES string of the molecule is Cc1nn(CC(=O)NCCCN2[C@@H](C)CCC[C@@H]2C)c2ccccc12. The predicted molar refractivity (Wildman–Crippen MR) is 102 cm³/mol. The first-order chi connectivity index (χ1) is 12.1. The molecule has 0 saturated carbocycles. The van der Waals surface area contributed by atoms with Crippen LogP contribution in [0.2, 0.25) is 0 Å². The largest absolute Gasteiger partial charge is 0.354 e. The Morgan fingerprint density at radius 2 is 1.96 bits per heavy atom. The van der Waals surface area contributed by atoms with Crippen molar-refractivity contribution in [2.45, 2.75) is 65.1 Å². The summed E-state index contributed by atoms with van der Waals surface area (Å²) < 4.78 is 1.80. The Bertz CT molecular complexity index is 714. The Morgan fingerprint density at radius 3 is 2.72 bits per heavy atom. The molecule has 1 saturated heterocycles. The zero-order chi connectivity index (χ0) is 17.8. The molecule has 3 rings (SSSR count). The molecule has 0 unspecified atom stereocenters. The molecule has 1 amide bonds. The minimum Gasteiger partial charge on any atom is -0.354 e. The van der Waals surface area contributed by atoms with Crippen molar-refractivity contribution in [1.82, 2.24) is 20.0 Å². The number of amides is 1. The van der Waals surface area contributed by atoms with E-state index in [0.29, 0.717) is 12.1 Å². The minimum atomic E-state index is 0.0352. The molecule has 1 aliphatic rings. The molecule has 1 aromatic carbocycles. The first-order valence-electron chi connectivity index (χ1n) is 9.51. The van der Waals surface area contributed by atoms with Gasteiger partial charge >= 0.3 is 0 Å². The number of rotatable bonds is 6. The average Bonchev–Trinajstić information content (AvgIpc) is 2.90. The second-order valence-corrected chi connectivity index (χ2v) is 7.33. The lowest BCUT2D eigenvalue weighted by molar-refractivity contribution is -0.121. The van der Waals surface area contributed by atoms with Crippen molar-refractivity contribution in [3.8, 4) is 0 Å². The molecule has 0 aliphatic carbocycles. The zero-order valence-electron chi connectivity index (χ0n) is 15.7. The van der Waals surface area contributed by atoms with E-state index in [4.69, 9.17) is 0 Å². The molecule has 1 fully saturated rings. The Labute approximate surface area is 150 Å². The van der Waals surface area contributed by atoms with Gasteiger partial charge < -0.3 is 5.32 Å². The average molecular weight is 342 g/mol. The number of aryl methyl sites for hydroxylation is 1. The van der Waals surface area contributed by atoms with Crippen LogP contribution in [0.15, 0.2) is 24.3 Å². The van der Waals surface area contributed by atoms with Gasteiger partial charge in [-0.3, -0.25) is 14.4 Å². The Morgan fingerprint density at radius 1 is 1.24 bits per heavy atom. The summed E-state index contributed by atoms with van der Waals surface area (Å²) in [6, 6.07) is 9.38. The van der Waals surface area contributed by atoms with Gasteiger partial charge in [-0.1, -0.05) is 24.6 Å². The van der Waals surface area contributed by atoms with E-state index < -0.39 is 0 Å². The Balaban J connectivity index is 1.46. The molecule has 1 aliphatic heterocycles. The number of fused-ring (bicyclic) bond motifs is 1. The van der Waals surface area contributed by atoms with Gasteiger partial charge in [-0.2, -0.15) is 5.10 Å². The van der Waals surface area contributed by atoms with Crippen LogP contribution in [0.5, 0.6) is 0 Å². The molecular weight excluding hydrogens is 312 g/mol. The van der Waals surface area contributed by atoms with Gasteiger partial charge in [-0.25, -0.2) is 0 Å². The molecule has 0 radical (unpaired) electrons. The van der Waals surface area contributed by atoms with Crippen LogP contribution in [-0.2, 0) is 11.3 Å². The summed E-state index contributed by atoms with van der Waals surface area (Å²) in [5, 5.41) is 8.66. The molecule has 2 heterocycles. The summed E-state index contributed by atoms with van der Waals surface area (Å²) in [7, 11) is 0. The summed E-state index contributed by atoms with van der Waals surface area (Å²) in [6.45, 7) is 8.70. The summed E-state index contributed by atoms with van der Waals surface area (Å²) >= 11 is 0. The fourth-order valence-corrected chi connectivity index (χ4v) is 4.01. The highest BCUT2D eigenvalue weighted by Gasteiger charge is 2.23. The van der Waals surface area contributed by atoms with E-state index in [1.807, 2.05) is 31.2 Å². The molecular formula is C20H30N4O. The highest BCUT2D eigenvalue weighted by atomic mass is 16.2. The highest BCUT2D eigenvalue weighted by molar-refractivity contribution is 5.84. The van der Waals surface area contributed by atoms with Crippen molar-refractivity contribution in [3.63, 3.8) is 0 Å². The van der Waals surface area contributed by atoms with Crippen LogP contribution in [-0.4, -0.2) is 45.8 Å². The number of hydrogen-bond acceptors (Lipinski definition) is 3. The fraction of sp³-hybridized carbons (Fsp3) is 0.600. The van der Waals surface area contributed by atoms with E-state index in [1.54, 1.807) is 4.68 Å². The van der Waals surface area contributed by atoms with Gasteiger partial charge in [0.05, 0.1) is 11.2 Å². The monoisotopic (exact) mass is 342 g/mol. The van der Waals surface area contributed by atoms with Crippen LogP contribution in [0.1, 0.15) is 45.2 Å². The lowest BCUT2D eigenvalue weighted by Gasteiger charge is -2.39. The summed E-state index contributed by atoms with van der Waals surface area (Å²) in [5.41, 5.74) is 1.99. The van der Waals surface area contributed by atoms with Crippen LogP contribution in [0, 0.1) is 6.92 Å². The van der Waals surface area contributed by atoms with Crippen LogP contribution in [0.3, 0.4) is 0 Å². The molecule has 1 N–H and O–H groups in total. The van der Waals surface area contributed by atoms with Gasteiger partial charge in [-0.15, -0.1) is 0 Å². The number of carbonyl (C=O) groups is 1. The van der Waals surface area contributed by atoms with E-state index in [-0.39, 0.29) is 12.5 Å². The van der Waals surface area contributed by atoms with Gasteiger partial charge in [0.2, 0.25) is 5.91 Å².